The fourth-order valence-electron chi connectivity index (χ4n) is 3.87. The molecular formula is C25H20FN3O5. The minimum Gasteiger partial charge on any atom is -0.507 e. The average Bonchev–Trinajstić information content (AvgIpc) is 3.10. The number of methoxy groups -OCH3 is 1. The number of hydrogen-bond acceptors (Lipinski definition) is 6. The van der Waals surface area contributed by atoms with Gasteiger partial charge in [-0.25, -0.2) is 4.39 Å². The summed E-state index contributed by atoms with van der Waals surface area (Å²) in [5, 5.41) is 13.8. The number of nitrogens with one attached hydrogen (secondary N) is 1. The molecule has 2 amide bonds. The first-order valence-electron chi connectivity index (χ1n) is 10.2. The number of ketones is 1. The van der Waals surface area contributed by atoms with Gasteiger partial charge >= 0.3 is 0 Å². The monoisotopic (exact) mass is 461 g/mol. The zero-order chi connectivity index (χ0) is 24.4. The van der Waals surface area contributed by atoms with Crippen LogP contribution in [0.25, 0.3) is 5.76 Å². The second kappa shape index (κ2) is 9.14. The summed E-state index contributed by atoms with van der Waals surface area (Å²) in [6.07, 6.45) is 3.01. The summed E-state index contributed by atoms with van der Waals surface area (Å²) < 4.78 is 19.2. The Balaban J connectivity index is 1.90. The number of Topliss-reactive ketones (excluding diaryl/α,β-unsaturated/α-hetero) is 1. The summed E-state index contributed by atoms with van der Waals surface area (Å²) in [5.41, 5.74) is 1.04. The molecular weight excluding hydrogens is 441 g/mol. The van der Waals surface area contributed by atoms with Gasteiger partial charge in [-0.05, 0) is 54.1 Å². The third kappa shape index (κ3) is 4.11. The van der Waals surface area contributed by atoms with Gasteiger partial charge in [-0.2, -0.15) is 0 Å². The largest absolute Gasteiger partial charge is 0.507 e. The second-order valence-electron chi connectivity index (χ2n) is 7.53. The highest BCUT2D eigenvalue weighted by molar-refractivity contribution is 6.51. The SMILES string of the molecule is COc1ccc(F)cc1/C(O)=C1\C(=O)C(=O)N(c2ccc(NC(C)=O)cc2)C1c1cccnc1. The molecule has 8 nitrogen and oxygen atoms in total. The lowest BCUT2D eigenvalue weighted by Gasteiger charge is -2.25. The molecule has 1 saturated heterocycles. The van der Waals surface area contributed by atoms with Gasteiger partial charge in [0.25, 0.3) is 11.7 Å². The van der Waals surface area contributed by atoms with E-state index in [0.717, 1.165) is 12.1 Å². The van der Waals surface area contributed by atoms with Crippen molar-refractivity contribution in [2.45, 2.75) is 13.0 Å². The van der Waals surface area contributed by atoms with Gasteiger partial charge in [0.05, 0.1) is 24.3 Å². The Morgan fingerprint density at radius 2 is 1.88 bits per heavy atom. The maximum atomic E-state index is 14.0. The maximum absolute atomic E-state index is 14.0. The molecule has 0 spiro atoms. The molecule has 1 fully saturated rings. The van der Waals surface area contributed by atoms with Crippen molar-refractivity contribution in [3.05, 3.63) is 89.5 Å². The van der Waals surface area contributed by atoms with Crippen molar-refractivity contribution in [3.8, 4) is 5.75 Å². The van der Waals surface area contributed by atoms with E-state index >= 15 is 0 Å². The van der Waals surface area contributed by atoms with Crippen molar-refractivity contribution in [3.63, 3.8) is 0 Å². The third-order valence-electron chi connectivity index (χ3n) is 5.33. The van der Waals surface area contributed by atoms with Crippen molar-refractivity contribution in [2.75, 3.05) is 17.3 Å². The van der Waals surface area contributed by atoms with Crippen LogP contribution in [0.1, 0.15) is 24.1 Å². The number of aliphatic hydroxyl groups is 1. The number of benzene rings is 2. The molecule has 4 rings (SSSR count). The topological polar surface area (TPSA) is 109 Å². The van der Waals surface area contributed by atoms with Crippen molar-refractivity contribution < 1.29 is 28.6 Å². The van der Waals surface area contributed by atoms with E-state index in [1.165, 1.54) is 37.4 Å². The molecule has 1 atom stereocenters. The Kier molecular flexibility index (Phi) is 6.09. The van der Waals surface area contributed by atoms with Gasteiger partial charge in [-0.1, -0.05) is 6.07 Å². The van der Waals surface area contributed by atoms with E-state index in [1.54, 1.807) is 36.4 Å². The highest BCUT2D eigenvalue weighted by Gasteiger charge is 2.47. The van der Waals surface area contributed by atoms with Crippen LogP contribution in [-0.2, 0) is 14.4 Å². The molecule has 1 aromatic heterocycles. The number of aromatic nitrogens is 1. The van der Waals surface area contributed by atoms with Gasteiger partial charge in [0.2, 0.25) is 5.91 Å². The van der Waals surface area contributed by atoms with Crippen LogP contribution in [0.4, 0.5) is 15.8 Å². The first-order chi connectivity index (χ1) is 16.3. The van der Waals surface area contributed by atoms with E-state index in [9.17, 15) is 23.9 Å². The van der Waals surface area contributed by atoms with Crippen molar-refractivity contribution in [1.82, 2.24) is 4.98 Å². The molecule has 3 aromatic rings. The number of ether oxygens (including phenoxy) is 1. The summed E-state index contributed by atoms with van der Waals surface area (Å²) in [7, 11) is 1.35. The van der Waals surface area contributed by atoms with E-state index in [2.05, 4.69) is 10.3 Å². The predicted octanol–water partition coefficient (Wildman–Crippen LogP) is 3.81. The van der Waals surface area contributed by atoms with E-state index in [-0.39, 0.29) is 22.8 Å². The number of rotatable bonds is 5. The summed E-state index contributed by atoms with van der Waals surface area (Å²) in [5.74, 6) is -3.16. The highest BCUT2D eigenvalue weighted by atomic mass is 19.1. The summed E-state index contributed by atoms with van der Waals surface area (Å²) in [6.45, 7) is 1.37. The van der Waals surface area contributed by atoms with E-state index < -0.39 is 29.3 Å². The standard InChI is InChI=1S/C25H20FN3O5/c1-14(30)28-17-6-8-18(9-7-17)29-22(15-4-3-11-27-13-15)21(24(32)25(29)33)23(31)19-12-16(26)5-10-20(19)34-2/h3-13,22,31H,1-2H3,(H,28,30)/b23-21+. The fourth-order valence-corrected chi connectivity index (χ4v) is 3.87. The van der Waals surface area contributed by atoms with Crippen LogP contribution in [0.5, 0.6) is 5.75 Å². The Morgan fingerprint density at radius 1 is 1.15 bits per heavy atom. The molecule has 2 N–H and O–H groups in total. The molecule has 0 radical (unpaired) electrons. The van der Waals surface area contributed by atoms with Gasteiger partial charge in [0.15, 0.2) is 0 Å². The molecule has 2 heterocycles. The fraction of sp³-hybridized carbons (Fsp3) is 0.120. The van der Waals surface area contributed by atoms with Crippen LogP contribution in [-0.4, -0.2) is 34.8 Å². The molecule has 172 valence electrons. The lowest BCUT2D eigenvalue weighted by Crippen LogP contribution is -2.29. The molecule has 1 unspecified atom stereocenters. The Hall–Kier alpha value is -4.53. The second-order valence-corrected chi connectivity index (χ2v) is 7.53. The molecule has 9 heteroatoms. The summed E-state index contributed by atoms with van der Waals surface area (Å²) in [4.78, 5) is 42.9. The number of halogens is 1. The highest BCUT2D eigenvalue weighted by Crippen LogP contribution is 2.43. The quantitative estimate of drug-likeness (QED) is 0.340. The van der Waals surface area contributed by atoms with Gasteiger partial charge in [-0.3, -0.25) is 24.3 Å². The average molecular weight is 461 g/mol. The molecule has 34 heavy (non-hydrogen) atoms. The van der Waals surface area contributed by atoms with Crippen LogP contribution in [0.15, 0.2) is 72.6 Å². The van der Waals surface area contributed by atoms with E-state index in [1.807, 2.05) is 0 Å². The van der Waals surface area contributed by atoms with E-state index in [4.69, 9.17) is 4.74 Å². The number of pyridine rings is 1. The van der Waals surface area contributed by atoms with Crippen LogP contribution >= 0.6 is 0 Å². The normalized spacial score (nSPS) is 17.0. The van der Waals surface area contributed by atoms with Crippen LogP contribution in [0.3, 0.4) is 0 Å². The summed E-state index contributed by atoms with van der Waals surface area (Å²) >= 11 is 0. The molecule has 2 aromatic carbocycles. The molecule has 0 aliphatic carbocycles. The molecule has 1 aliphatic rings. The zero-order valence-electron chi connectivity index (χ0n) is 18.3. The van der Waals surface area contributed by atoms with Crippen LogP contribution in [0, 0.1) is 5.82 Å². The predicted molar refractivity (Wildman–Crippen MR) is 123 cm³/mol. The van der Waals surface area contributed by atoms with Crippen LogP contribution in [0.2, 0.25) is 0 Å². The number of anilines is 2. The summed E-state index contributed by atoms with van der Waals surface area (Å²) in [6, 6.07) is 12.1. The lowest BCUT2D eigenvalue weighted by atomic mass is 9.95. The Bertz CT molecular complexity index is 1310. The maximum Gasteiger partial charge on any atom is 0.300 e. The van der Waals surface area contributed by atoms with Gasteiger partial charge in [0.1, 0.15) is 17.3 Å². The zero-order valence-corrected chi connectivity index (χ0v) is 18.3. The van der Waals surface area contributed by atoms with Crippen molar-refractivity contribution in [1.29, 1.82) is 0 Å². The smallest absolute Gasteiger partial charge is 0.300 e. The number of aliphatic hydroxyl groups excluding tert-OH is 1. The Morgan fingerprint density at radius 3 is 2.50 bits per heavy atom. The number of carbonyl (C=O) groups excluding carboxylic acids is 3. The number of nitrogens with zero attached hydrogens (tertiary/aromatic N) is 2. The molecule has 1 aliphatic heterocycles. The minimum atomic E-state index is -1.03. The van der Waals surface area contributed by atoms with E-state index in [0.29, 0.717) is 16.9 Å². The van der Waals surface area contributed by atoms with Crippen molar-refractivity contribution in [2.24, 2.45) is 0 Å². The minimum absolute atomic E-state index is 0.0598. The Labute approximate surface area is 194 Å². The van der Waals surface area contributed by atoms with Crippen molar-refractivity contribution >= 4 is 34.7 Å². The molecule has 0 bridgehead atoms. The van der Waals surface area contributed by atoms with Gasteiger partial charge in [-0.15, -0.1) is 0 Å². The number of hydrogen-bond donors (Lipinski definition) is 2. The number of amides is 2. The first kappa shape index (κ1) is 22.7. The first-order valence-corrected chi connectivity index (χ1v) is 10.2. The molecule has 0 saturated carbocycles. The lowest BCUT2D eigenvalue weighted by molar-refractivity contribution is -0.132. The number of carbonyl (C=O) groups is 3. The van der Waals surface area contributed by atoms with Crippen LogP contribution < -0.4 is 15.0 Å². The van der Waals surface area contributed by atoms with Gasteiger partial charge < -0.3 is 15.2 Å². The van der Waals surface area contributed by atoms with Gasteiger partial charge in [0, 0.05) is 30.7 Å². The third-order valence-corrected chi connectivity index (χ3v) is 5.33.